The number of aliphatic hydroxyl groups excluding tert-OH is 1. The Morgan fingerprint density at radius 3 is 2.62 bits per heavy atom. The van der Waals surface area contributed by atoms with Gasteiger partial charge >= 0.3 is 0 Å². The van der Waals surface area contributed by atoms with Gasteiger partial charge in [-0.25, -0.2) is 0 Å². The monoisotopic (exact) mass is 224 g/mol. The molecular formula is C13H20O3. The van der Waals surface area contributed by atoms with E-state index in [4.69, 9.17) is 14.6 Å². The van der Waals surface area contributed by atoms with E-state index in [1.807, 2.05) is 24.3 Å². The lowest BCUT2D eigenvalue weighted by Gasteiger charge is -2.10. The van der Waals surface area contributed by atoms with Crippen LogP contribution in [0.5, 0.6) is 5.75 Å². The van der Waals surface area contributed by atoms with Crippen molar-refractivity contribution in [2.75, 3.05) is 19.8 Å². The predicted molar refractivity (Wildman–Crippen MR) is 63.5 cm³/mol. The van der Waals surface area contributed by atoms with E-state index in [1.54, 1.807) is 0 Å². The molecule has 1 aromatic carbocycles. The van der Waals surface area contributed by atoms with Crippen LogP contribution in [0.4, 0.5) is 0 Å². The van der Waals surface area contributed by atoms with E-state index in [0.29, 0.717) is 19.1 Å². The van der Waals surface area contributed by atoms with E-state index >= 15 is 0 Å². The molecule has 3 nitrogen and oxygen atoms in total. The Labute approximate surface area is 97.0 Å². The molecular weight excluding hydrogens is 204 g/mol. The molecule has 90 valence electrons. The van der Waals surface area contributed by atoms with Crippen LogP contribution in [0.25, 0.3) is 0 Å². The minimum absolute atomic E-state index is 0.00300. The fourth-order valence-corrected chi connectivity index (χ4v) is 1.30. The predicted octanol–water partition coefficient (Wildman–Crippen LogP) is 2.23. The van der Waals surface area contributed by atoms with E-state index in [1.165, 1.54) is 0 Å². The first-order valence-electron chi connectivity index (χ1n) is 5.63. The zero-order valence-corrected chi connectivity index (χ0v) is 9.98. The number of aliphatic hydroxyl groups is 1. The highest BCUT2D eigenvalue weighted by molar-refractivity contribution is 5.32. The van der Waals surface area contributed by atoms with Gasteiger partial charge in [0.15, 0.2) is 0 Å². The molecule has 0 saturated heterocycles. The van der Waals surface area contributed by atoms with Crippen molar-refractivity contribution in [2.45, 2.75) is 20.5 Å². The molecule has 0 bridgehead atoms. The second-order valence-corrected chi connectivity index (χ2v) is 4.08. The van der Waals surface area contributed by atoms with Gasteiger partial charge in [0.1, 0.15) is 12.4 Å². The van der Waals surface area contributed by atoms with Crippen LogP contribution < -0.4 is 4.74 Å². The SMILES string of the molecule is CC(C)COCCOc1ccccc1CO. The van der Waals surface area contributed by atoms with Gasteiger partial charge in [-0.1, -0.05) is 32.0 Å². The molecule has 3 heteroatoms. The topological polar surface area (TPSA) is 38.7 Å². The minimum Gasteiger partial charge on any atom is -0.491 e. The highest BCUT2D eigenvalue weighted by Crippen LogP contribution is 2.17. The summed E-state index contributed by atoms with van der Waals surface area (Å²) in [6.45, 7) is 6.08. The molecule has 0 unspecified atom stereocenters. The van der Waals surface area contributed by atoms with Crippen LogP contribution in [0.2, 0.25) is 0 Å². The summed E-state index contributed by atoms with van der Waals surface area (Å²) in [5, 5.41) is 9.08. The maximum atomic E-state index is 9.08. The zero-order valence-electron chi connectivity index (χ0n) is 9.98. The highest BCUT2D eigenvalue weighted by atomic mass is 16.5. The summed E-state index contributed by atoms with van der Waals surface area (Å²) in [6.07, 6.45) is 0. The molecule has 1 rings (SSSR count). The molecule has 0 fully saturated rings. The maximum absolute atomic E-state index is 9.08. The third-order valence-electron chi connectivity index (χ3n) is 2.08. The van der Waals surface area contributed by atoms with Gasteiger partial charge < -0.3 is 14.6 Å². The van der Waals surface area contributed by atoms with Gasteiger partial charge in [0, 0.05) is 12.2 Å². The molecule has 0 amide bonds. The molecule has 0 aliphatic rings. The molecule has 0 aromatic heterocycles. The number of hydrogen-bond acceptors (Lipinski definition) is 3. The van der Waals surface area contributed by atoms with E-state index in [0.717, 1.165) is 17.9 Å². The number of rotatable bonds is 7. The Bertz CT molecular complexity index is 297. The lowest BCUT2D eigenvalue weighted by Crippen LogP contribution is -2.10. The van der Waals surface area contributed by atoms with Crippen molar-refractivity contribution >= 4 is 0 Å². The summed E-state index contributed by atoms with van der Waals surface area (Å²) in [5.74, 6) is 1.28. The molecule has 0 spiro atoms. The molecule has 0 heterocycles. The number of hydrogen-bond donors (Lipinski definition) is 1. The van der Waals surface area contributed by atoms with Crippen LogP contribution in [0.3, 0.4) is 0 Å². The second-order valence-electron chi connectivity index (χ2n) is 4.08. The Morgan fingerprint density at radius 1 is 1.19 bits per heavy atom. The van der Waals surface area contributed by atoms with E-state index < -0.39 is 0 Å². The number of benzene rings is 1. The first kappa shape index (κ1) is 13.0. The third-order valence-corrected chi connectivity index (χ3v) is 2.08. The maximum Gasteiger partial charge on any atom is 0.124 e. The van der Waals surface area contributed by atoms with Gasteiger partial charge in [-0.05, 0) is 12.0 Å². The van der Waals surface area contributed by atoms with Gasteiger partial charge in [0.25, 0.3) is 0 Å². The van der Waals surface area contributed by atoms with Crippen molar-refractivity contribution in [1.82, 2.24) is 0 Å². The Hall–Kier alpha value is -1.06. The summed E-state index contributed by atoms with van der Waals surface area (Å²) in [4.78, 5) is 0. The van der Waals surface area contributed by atoms with Gasteiger partial charge in [-0.3, -0.25) is 0 Å². The van der Waals surface area contributed by atoms with Crippen molar-refractivity contribution in [3.05, 3.63) is 29.8 Å². The molecule has 0 aliphatic carbocycles. The van der Waals surface area contributed by atoms with E-state index in [2.05, 4.69) is 13.8 Å². The molecule has 0 aliphatic heterocycles. The standard InChI is InChI=1S/C13H20O3/c1-11(2)10-15-7-8-16-13-6-4-3-5-12(13)9-14/h3-6,11,14H,7-10H2,1-2H3. The first-order valence-corrected chi connectivity index (χ1v) is 5.63. The average molecular weight is 224 g/mol. The van der Waals surface area contributed by atoms with Crippen LogP contribution in [-0.4, -0.2) is 24.9 Å². The zero-order chi connectivity index (χ0) is 11.8. The van der Waals surface area contributed by atoms with E-state index in [-0.39, 0.29) is 6.61 Å². The van der Waals surface area contributed by atoms with Crippen LogP contribution in [0, 0.1) is 5.92 Å². The minimum atomic E-state index is 0.00300. The molecule has 0 saturated carbocycles. The normalized spacial score (nSPS) is 10.8. The van der Waals surface area contributed by atoms with Crippen molar-refractivity contribution in [1.29, 1.82) is 0 Å². The van der Waals surface area contributed by atoms with Crippen molar-refractivity contribution in [3.63, 3.8) is 0 Å². The average Bonchev–Trinajstić information content (AvgIpc) is 2.29. The molecule has 16 heavy (non-hydrogen) atoms. The third kappa shape index (κ3) is 4.64. The van der Waals surface area contributed by atoms with Crippen LogP contribution in [0.1, 0.15) is 19.4 Å². The second kappa shape index (κ2) is 7.25. The Balaban J connectivity index is 2.26. The summed E-state index contributed by atoms with van der Waals surface area (Å²) in [6, 6.07) is 7.48. The lowest BCUT2D eigenvalue weighted by atomic mass is 10.2. The van der Waals surface area contributed by atoms with Gasteiger partial charge in [0.2, 0.25) is 0 Å². The Kier molecular flexibility index (Phi) is 5.90. The van der Waals surface area contributed by atoms with E-state index in [9.17, 15) is 0 Å². The van der Waals surface area contributed by atoms with Gasteiger partial charge in [-0.2, -0.15) is 0 Å². The summed E-state index contributed by atoms with van der Waals surface area (Å²) in [7, 11) is 0. The highest BCUT2D eigenvalue weighted by Gasteiger charge is 2.01. The van der Waals surface area contributed by atoms with Gasteiger partial charge in [-0.15, -0.1) is 0 Å². The number of para-hydroxylation sites is 1. The smallest absolute Gasteiger partial charge is 0.124 e. The molecule has 0 atom stereocenters. The Morgan fingerprint density at radius 2 is 1.94 bits per heavy atom. The lowest BCUT2D eigenvalue weighted by molar-refractivity contribution is 0.0812. The summed E-state index contributed by atoms with van der Waals surface area (Å²) >= 11 is 0. The quantitative estimate of drug-likeness (QED) is 0.722. The van der Waals surface area contributed by atoms with Crippen LogP contribution in [0.15, 0.2) is 24.3 Å². The molecule has 0 radical (unpaired) electrons. The first-order chi connectivity index (χ1) is 7.74. The fourth-order valence-electron chi connectivity index (χ4n) is 1.30. The summed E-state index contributed by atoms with van der Waals surface area (Å²) < 4.78 is 10.9. The van der Waals surface area contributed by atoms with Gasteiger partial charge in [0.05, 0.1) is 13.2 Å². The molecule has 1 aromatic rings. The van der Waals surface area contributed by atoms with Crippen LogP contribution >= 0.6 is 0 Å². The largest absolute Gasteiger partial charge is 0.491 e. The number of ether oxygens (including phenoxy) is 2. The van der Waals surface area contributed by atoms with Crippen LogP contribution in [-0.2, 0) is 11.3 Å². The van der Waals surface area contributed by atoms with Crippen molar-refractivity contribution < 1.29 is 14.6 Å². The van der Waals surface area contributed by atoms with Crippen molar-refractivity contribution in [2.24, 2.45) is 5.92 Å². The summed E-state index contributed by atoms with van der Waals surface area (Å²) in [5.41, 5.74) is 0.811. The molecule has 1 N–H and O–H groups in total. The fraction of sp³-hybridized carbons (Fsp3) is 0.538. The van der Waals surface area contributed by atoms with Crippen molar-refractivity contribution in [3.8, 4) is 5.75 Å².